The van der Waals surface area contributed by atoms with Crippen LogP contribution in [0.25, 0.3) is 11.0 Å². The monoisotopic (exact) mass is 325 g/mol. The average Bonchev–Trinajstić information content (AvgIpc) is 2.79. The largest absolute Gasteiger partial charge is 0.490 e. The predicted molar refractivity (Wildman–Crippen MR) is 88.9 cm³/mol. The Kier molecular flexibility index (Phi) is 3.45. The van der Waals surface area contributed by atoms with Crippen LogP contribution in [0, 0.1) is 0 Å². The van der Waals surface area contributed by atoms with Crippen LogP contribution in [0.15, 0.2) is 41.2 Å². The number of H-pyrrole nitrogens is 2. The highest BCUT2D eigenvalue weighted by Gasteiger charge is 2.14. The Morgan fingerprint density at radius 2 is 1.75 bits per heavy atom. The average molecular weight is 325 g/mol. The quantitative estimate of drug-likeness (QED) is 0.673. The molecule has 0 atom stereocenters. The first-order chi connectivity index (χ1) is 11.7. The highest BCUT2D eigenvalue weighted by Crippen LogP contribution is 2.30. The van der Waals surface area contributed by atoms with Crippen LogP contribution in [-0.2, 0) is 0 Å². The molecule has 1 amide bonds. The van der Waals surface area contributed by atoms with Crippen molar-refractivity contribution in [3.8, 4) is 11.5 Å². The molecule has 7 heteroatoms. The van der Waals surface area contributed by atoms with Crippen molar-refractivity contribution in [2.24, 2.45) is 0 Å². The molecule has 0 aliphatic carbocycles. The molecule has 122 valence electrons. The zero-order valence-corrected chi connectivity index (χ0v) is 12.7. The second-order valence-corrected chi connectivity index (χ2v) is 5.51. The van der Waals surface area contributed by atoms with E-state index in [9.17, 15) is 9.59 Å². The molecule has 0 unspecified atom stereocenters. The number of anilines is 1. The number of imidazole rings is 1. The van der Waals surface area contributed by atoms with Gasteiger partial charge in [0.25, 0.3) is 5.91 Å². The standard InChI is InChI=1S/C17H15N3O4/c21-16(10-2-5-14-15(8-10)24-7-1-6-23-14)18-11-3-4-12-13(9-11)20-17(22)19-12/h2-5,8-9H,1,6-7H2,(H,18,21)(H2,19,20,22). The fourth-order valence-electron chi connectivity index (χ4n) is 2.62. The van der Waals surface area contributed by atoms with Crippen LogP contribution in [0.3, 0.4) is 0 Å². The number of aromatic amines is 2. The van der Waals surface area contributed by atoms with Crippen molar-refractivity contribution < 1.29 is 14.3 Å². The van der Waals surface area contributed by atoms with Crippen LogP contribution < -0.4 is 20.5 Å². The summed E-state index contributed by atoms with van der Waals surface area (Å²) in [5.74, 6) is 0.962. The number of amides is 1. The molecule has 0 bridgehead atoms. The number of hydrogen-bond acceptors (Lipinski definition) is 4. The molecule has 0 fully saturated rings. The van der Waals surface area contributed by atoms with E-state index in [1.807, 2.05) is 0 Å². The number of rotatable bonds is 2. The number of aromatic nitrogens is 2. The van der Waals surface area contributed by atoms with Crippen molar-refractivity contribution in [3.63, 3.8) is 0 Å². The molecule has 7 nitrogen and oxygen atoms in total. The van der Waals surface area contributed by atoms with Gasteiger partial charge in [-0.1, -0.05) is 0 Å². The van der Waals surface area contributed by atoms with Crippen LogP contribution in [0.2, 0.25) is 0 Å². The second kappa shape index (κ2) is 5.77. The van der Waals surface area contributed by atoms with Gasteiger partial charge in [-0.3, -0.25) is 4.79 Å². The Morgan fingerprint density at radius 3 is 2.62 bits per heavy atom. The Hall–Kier alpha value is -3.22. The highest BCUT2D eigenvalue weighted by molar-refractivity contribution is 6.05. The Labute approximate surface area is 136 Å². The maximum Gasteiger partial charge on any atom is 0.323 e. The zero-order valence-electron chi connectivity index (χ0n) is 12.7. The minimum atomic E-state index is -0.281. The highest BCUT2D eigenvalue weighted by atomic mass is 16.5. The maximum atomic E-state index is 12.4. The molecule has 3 aromatic rings. The van der Waals surface area contributed by atoms with E-state index in [4.69, 9.17) is 9.47 Å². The number of carbonyl (C=O) groups is 1. The van der Waals surface area contributed by atoms with Crippen molar-refractivity contribution in [1.82, 2.24) is 9.97 Å². The van der Waals surface area contributed by atoms with Gasteiger partial charge >= 0.3 is 5.69 Å². The third-order valence-corrected chi connectivity index (χ3v) is 3.78. The maximum absolute atomic E-state index is 12.4. The molecule has 3 N–H and O–H groups in total. The van der Waals surface area contributed by atoms with Crippen LogP contribution in [0.1, 0.15) is 16.8 Å². The molecular weight excluding hydrogens is 310 g/mol. The molecule has 2 heterocycles. The zero-order chi connectivity index (χ0) is 16.5. The van der Waals surface area contributed by atoms with Crippen molar-refractivity contribution in [3.05, 3.63) is 52.4 Å². The lowest BCUT2D eigenvalue weighted by molar-refractivity contribution is 0.102. The molecule has 0 spiro atoms. The molecule has 0 radical (unpaired) electrons. The lowest BCUT2D eigenvalue weighted by Crippen LogP contribution is -2.12. The molecule has 4 rings (SSSR count). The predicted octanol–water partition coefficient (Wildman–Crippen LogP) is 2.27. The summed E-state index contributed by atoms with van der Waals surface area (Å²) < 4.78 is 11.2. The van der Waals surface area contributed by atoms with Crippen molar-refractivity contribution >= 4 is 22.6 Å². The summed E-state index contributed by atoms with van der Waals surface area (Å²) in [6.07, 6.45) is 0.811. The second-order valence-electron chi connectivity index (χ2n) is 5.51. The summed E-state index contributed by atoms with van der Waals surface area (Å²) >= 11 is 0. The Bertz CT molecular complexity index is 973. The van der Waals surface area contributed by atoms with E-state index in [0.29, 0.717) is 47.0 Å². The van der Waals surface area contributed by atoms with Gasteiger partial charge in [0.2, 0.25) is 0 Å². The van der Waals surface area contributed by atoms with Crippen LogP contribution in [0.5, 0.6) is 11.5 Å². The van der Waals surface area contributed by atoms with Crippen molar-refractivity contribution in [2.45, 2.75) is 6.42 Å². The lowest BCUT2D eigenvalue weighted by Gasteiger charge is -2.10. The van der Waals surface area contributed by atoms with E-state index in [2.05, 4.69) is 15.3 Å². The molecule has 2 aromatic carbocycles. The normalized spacial score (nSPS) is 13.5. The fourth-order valence-corrected chi connectivity index (χ4v) is 2.62. The summed E-state index contributed by atoms with van der Waals surface area (Å²) in [5.41, 5.74) is 2.11. The van der Waals surface area contributed by atoms with E-state index in [0.717, 1.165) is 6.42 Å². The van der Waals surface area contributed by atoms with Crippen LogP contribution in [0.4, 0.5) is 5.69 Å². The molecule has 1 aliphatic heterocycles. The van der Waals surface area contributed by atoms with E-state index >= 15 is 0 Å². The van der Waals surface area contributed by atoms with Crippen molar-refractivity contribution in [1.29, 1.82) is 0 Å². The smallest absolute Gasteiger partial charge is 0.323 e. The van der Waals surface area contributed by atoms with Gasteiger partial charge in [-0.15, -0.1) is 0 Å². The van der Waals surface area contributed by atoms with Crippen molar-refractivity contribution in [2.75, 3.05) is 18.5 Å². The number of nitrogens with one attached hydrogen (secondary N) is 3. The Balaban J connectivity index is 1.58. The van der Waals surface area contributed by atoms with Gasteiger partial charge in [0.15, 0.2) is 11.5 Å². The molecular formula is C17H15N3O4. The van der Waals surface area contributed by atoms with Gasteiger partial charge in [-0.25, -0.2) is 4.79 Å². The van der Waals surface area contributed by atoms with Gasteiger partial charge in [0.05, 0.1) is 24.2 Å². The Morgan fingerprint density at radius 1 is 0.958 bits per heavy atom. The first kappa shape index (κ1) is 14.4. The number of fused-ring (bicyclic) bond motifs is 2. The van der Waals surface area contributed by atoms with E-state index in [1.165, 1.54) is 0 Å². The first-order valence-electron chi connectivity index (χ1n) is 7.62. The minimum Gasteiger partial charge on any atom is -0.490 e. The molecule has 0 saturated heterocycles. The summed E-state index contributed by atoms with van der Waals surface area (Å²) in [4.78, 5) is 29.0. The third-order valence-electron chi connectivity index (χ3n) is 3.78. The molecule has 1 aliphatic rings. The van der Waals surface area contributed by atoms with Crippen LogP contribution >= 0.6 is 0 Å². The van der Waals surface area contributed by atoms with Gasteiger partial charge in [-0.05, 0) is 36.4 Å². The summed E-state index contributed by atoms with van der Waals surface area (Å²) in [6, 6.07) is 10.3. The number of ether oxygens (including phenoxy) is 2. The van der Waals surface area contributed by atoms with Gasteiger partial charge in [0, 0.05) is 17.7 Å². The lowest BCUT2D eigenvalue weighted by atomic mass is 10.1. The van der Waals surface area contributed by atoms with E-state index in [1.54, 1.807) is 36.4 Å². The summed E-state index contributed by atoms with van der Waals surface area (Å²) in [7, 11) is 0. The summed E-state index contributed by atoms with van der Waals surface area (Å²) in [5, 5.41) is 2.81. The topological polar surface area (TPSA) is 96.2 Å². The van der Waals surface area contributed by atoms with Gasteiger partial charge < -0.3 is 24.8 Å². The third kappa shape index (κ3) is 2.71. The van der Waals surface area contributed by atoms with E-state index in [-0.39, 0.29) is 11.6 Å². The number of carbonyl (C=O) groups excluding carboxylic acids is 1. The molecule has 24 heavy (non-hydrogen) atoms. The number of benzene rings is 2. The number of hydrogen-bond donors (Lipinski definition) is 3. The van der Waals surface area contributed by atoms with Gasteiger partial charge in [-0.2, -0.15) is 0 Å². The minimum absolute atomic E-state index is 0.261. The van der Waals surface area contributed by atoms with Gasteiger partial charge in [0.1, 0.15) is 0 Å². The van der Waals surface area contributed by atoms with Crippen LogP contribution in [-0.4, -0.2) is 29.1 Å². The fraction of sp³-hybridized carbons (Fsp3) is 0.176. The first-order valence-corrected chi connectivity index (χ1v) is 7.62. The summed E-state index contributed by atoms with van der Waals surface area (Å²) in [6.45, 7) is 1.17. The van der Waals surface area contributed by atoms with E-state index < -0.39 is 0 Å². The SMILES string of the molecule is O=C(Nc1ccc2[nH]c(=O)[nH]c2c1)c1ccc2c(c1)OCCCO2. The molecule has 0 saturated carbocycles. The molecule has 1 aromatic heterocycles.